The van der Waals surface area contributed by atoms with E-state index in [1.807, 2.05) is 0 Å². The molecule has 5 aliphatic rings. The van der Waals surface area contributed by atoms with Crippen molar-refractivity contribution < 1.29 is 14.4 Å². The second-order valence-electron chi connectivity index (χ2n) is 12.6. The van der Waals surface area contributed by atoms with Gasteiger partial charge in [-0.3, -0.25) is 24.7 Å². The normalized spacial score (nSPS) is 38.8. The van der Waals surface area contributed by atoms with Crippen molar-refractivity contribution in [2.45, 2.75) is 114 Å². The summed E-state index contributed by atoms with van der Waals surface area (Å²) < 4.78 is 0. The van der Waals surface area contributed by atoms with Crippen LogP contribution in [0.15, 0.2) is 0 Å². The summed E-state index contributed by atoms with van der Waals surface area (Å²) in [5.74, 6) is 1.52. The fourth-order valence-corrected chi connectivity index (χ4v) is 8.20. The van der Waals surface area contributed by atoms with Gasteiger partial charge in [0.25, 0.3) is 0 Å². The van der Waals surface area contributed by atoms with Gasteiger partial charge >= 0.3 is 0 Å². The van der Waals surface area contributed by atoms with E-state index in [-0.39, 0.29) is 59.6 Å². The Balaban J connectivity index is 1.25. The van der Waals surface area contributed by atoms with Crippen LogP contribution in [0.3, 0.4) is 0 Å². The number of amidine groups is 1. The van der Waals surface area contributed by atoms with Crippen LogP contribution in [-0.2, 0) is 14.4 Å². The Bertz CT molecular complexity index is 887. The minimum absolute atomic E-state index is 0.0137. The van der Waals surface area contributed by atoms with Gasteiger partial charge in [-0.05, 0) is 95.3 Å². The zero-order valence-corrected chi connectivity index (χ0v) is 22.2. The molecular formula is C28H46N6O3. The number of nitrogens with zero attached hydrogens (tertiary/aromatic N) is 2. The molecule has 3 amide bonds. The molecule has 0 aromatic heterocycles. The summed E-state index contributed by atoms with van der Waals surface area (Å²) in [5.41, 5.74) is 11.5. The number of primary amides is 1. The van der Waals surface area contributed by atoms with Crippen molar-refractivity contribution in [2.75, 3.05) is 13.1 Å². The Morgan fingerprint density at radius 1 is 0.919 bits per heavy atom. The highest BCUT2D eigenvalue weighted by Crippen LogP contribution is 2.43. The van der Waals surface area contributed by atoms with Gasteiger partial charge in [0.1, 0.15) is 0 Å². The summed E-state index contributed by atoms with van der Waals surface area (Å²) in [6.07, 6.45) is 12.9. The first-order chi connectivity index (χ1) is 17.8. The van der Waals surface area contributed by atoms with Crippen molar-refractivity contribution in [1.29, 1.82) is 5.41 Å². The van der Waals surface area contributed by atoms with Gasteiger partial charge in [-0.25, -0.2) is 0 Å². The molecule has 6 unspecified atom stereocenters. The topological polar surface area (TPSA) is 146 Å². The van der Waals surface area contributed by atoms with E-state index >= 15 is 0 Å². The Kier molecular flexibility index (Phi) is 8.07. The molecule has 2 aliphatic heterocycles. The van der Waals surface area contributed by atoms with E-state index < -0.39 is 0 Å². The molecule has 0 bridgehead atoms. The Hall–Kier alpha value is -2.16. The first-order valence-electron chi connectivity index (χ1n) is 14.8. The van der Waals surface area contributed by atoms with Gasteiger partial charge in [0.15, 0.2) is 0 Å². The molecule has 206 valence electrons. The second-order valence-corrected chi connectivity index (χ2v) is 12.6. The highest BCUT2D eigenvalue weighted by atomic mass is 16.2. The number of nitrogens with two attached hydrogens (primary N) is 2. The number of hydrogen-bond acceptors (Lipinski definition) is 5. The van der Waals surface area contributed by atoms with Gasteiger partial charge in [0.2, 0.25) is 17.7 Å². The second kappa shape index (κ2) is 11.3. The number of amides is 3. The molecule has 0 aromatic rings. The molecule has 6 N–H and O–H groups in total. The minimum atomic E-state index is -0.185. The molecule has 2 heterocycles. The molecule has 9 heteroatoms. The van der Waals surface area contributed by atoms with Crippen LogP contribution in [0.25, 0.3) is 0 Å². The van der Waals surface area contributed by atoms with Crippen LogP contribution < -0.4 is 16.8 Å². The van der Waals surface area contributed by atoms with E-state index in [4.69, 9.17) is 16.9 Å². The third-order valence-corrected chi connectivity index (χ3v) is 10.3. The molecule has 5 rings (SSSR count). The van der Waals surface area contributed by atoms with Crippen molar-refractivity contribution in [3.8, 4) is 0 Å². The van der Waals surface area contributed by atoms with Crippen LogP contribution in [0.2, 0.25) is 0 Å². The van der Waals surface area contributed by atoms with Crippen LogP contribution in [-0.4, -0.2) is 70.6 Å². The zero-order chi connectivity index (χ0) is 26.1. The Morgan fingerprint density at radius 3 is 2.35 bits per heavy atom. The van der Waals surface area contributed by atoms with Crippen molar-refractivity contribution >= 4 is 23.6 Å². The monoisotopic (exact) mass is 514 g/mol. The van der Waals surface area contributed by atoms with Crippen molar-refractivity contribution in [2.24, 2.45) is 35.1 Å². The van der Waals surface area contributed by atoms with Crippen LogP contribution in [0.1, 0.15) is 89.9 Å². The van der Waals surface area contributed by atoms with E-state index in [1.54, 1.807) is 0 Å². The molecule has 2 saturated heterocycles. The maximum Gasteiger partial charge on any atom is 0.237 e. The first kappa shape index (κ1) is 26.4. The third-order valence-electron chi connectivity index (χ3n) is 10.3. The largest absolute Gasteiger partial charge is 0.387 e. The van der Waals surface area contributed by atoms with Gasteiger partial charge in [-0.2, -0.15) is 0 Å². The van der Waals surface area contributed by atoms with E-state index in [0.717, 1.165) is 96.6 Å². The van der Waals surface area contributed by atoms with Crippen molar-refractivity contribution in [3.63, 3.8) is 0 Å². The number of rotatable bonds is 7. The van der Waals surface area contributed by atoms with E-state index in [1.165, 1.54) is 0 Å². The maximum atomic E-state index is 13.8. The summed E-state index contributed by atoms with van der Waals surface area (Å²) in [7, 11) is 0. The predicted molar refractivity (Wildman–Crippen MR) is 141 cm³/mol. The maximum absolute atomic E-state index is 13.8. The Labute approximate surface area is 220 Å². The number of hydrogen-bond donors (Lipinski definition) is 4. The number of carbonyl (C=O) groups is 3. The summed E-state index contributed by atoms with van der Waals surface area (Å²) in [4.78, 5) is 42.3. The number of carbonyl (C=O) groups excluding carboxylic acids is 3. The van der Waals surface area contributed by atoms with Gasteiger partial charge in [-0.15, -0.1) is 0 Å². The van der Waals surface area contributed by atoms with Crippen molar-refractivity contribution in [1.82, 2.24) is 15.1 Å². The van der Waals surface area contributed by atoms with Gasteiger partial charge in [0, 0.05) is 49.5 Å². The summed E-state index contributed by atoms with van der Waals surface area (Å²) in [6, 6.07) is 0.519. The average Bonchev–Trinajstić information content (AvgIpc) is 3.47. The van der Waals surface area contributed by atoms with Crippen LogP contribution in [0, 0.1) is 29.1 Å². The lowest BCUT2D eigenvalue weighted by atomic mass is 9.77. The fraction of sp³-hybridized carbons (Fsp3) is 0.857. The predicted octanol–water partition coefficient (Wildman–Crippen LogP) is 2.12. The van der Waals surface area contributed by atoms with Gasteiger partial charge < -0.3 is 21.7 Å². The number of nitrogens with one attached hydrogen (secondary N) is 2. The van der Waals surface area contributed by atoms with E-state index in [0.29, 0.717) is 18.3 Å². The molecule has 6 atom stereocenters. The molecule has 9 nitrogen and oxygen atoms in total. The molecule has 0 spiro atoms. The third kappa shape index (κ3) is 5.81. The van der Waals surface area contributed by atoms with E-state index in [9.17, 15) is 14.4 Å². The Morgan fingerprint density at radius 2 is 1.68 bits per heavy atom. The van der Waals surface area contributed by atoms with Crippen LogP contribution in [0.5, 0.6) is 0 Å². The summed E-state index contributed by atoms with van der Waals surface area (Å²) in [6.45, 7) is 1.73. The average molecular weight is 515 g/mol. The SMILES string of the molecule is N=C(N)C1CCC2CC(C(=O)NC3CCCC(N4CCCC4=O)C3)N(CC3CCC(C(N)=O)CC3)C2C1. The molecule has 3 aliphatic carbocycles. The number of fused-ring (bicyclic) bond motifs is 1. The fourth-order valence-electron chi connectivity index (χ4n) is 8.20. The van der Waals surface area contributed by atoms with Gasteiger partial charge in [0.05, 0.1) is 11.9 Å². The lowest BCUT2D eigenvalue weighted by molar-refractivity contribution is -0.130. The quantitative estimate of drug-likeness (QED) is 0.304. The lowest BCUT2D eigenvalue weighted by Crippen LogP contribution is -2.53. The minimum Gasteiger partial charge on any atom is -0.387 e. The van der Waals surface area contributed by atoms with E-state index in [2.05, 4.69) is 15.1 Å². The smallest absolute Gasteiger partial charge is 0.237 e. The molecule has 0 aromatic carbocycles. The molecule has 37 heavy (non-hydrogen) atoms. The van der Waals surface area contributed by atoms with Gasteiger partial charge in [-0.1, -0.05) is 0 Å². The summed E-state index contributed by atoms with van der Waals surface area (Å²) >= 11 is 0. The molecule has 0 radical (unpaired) electrons. The highest BCUT2D eigenvalue weighted by Gasteiger charge is 2.48. The lowest BCUT2D eigenvalue weighted by Gasteiger charge is -2.40. The van der Waals surface area contributed by atoms with Crippen LogP contribution in [0.4, 0.5) is 0 Å². The molecule has 3 saturated carbocycles. The summed E-state index contributed by atoms with van der Waals surface area (Å²) in [5, 5.41) is 11.5. The molecular weight excluding hydrogens is 468 g/mol. The number of likely N-dealkylation sites (tertiary alicyclic amines) is 2. The molecule has 5 fully saturated rings. The standard InChI is InChI=1S/C28H46N6O3/c29-26(30)20-11-10-19-13-24(34(23(19)14-20)16-17-6-8-18(9-7-17)27(31)36)28(37)32-21-3-1-4-22(15-21)33-12-2-5-25(33)35/h17-24H,1-16H2,(H3,29,30)(H2,31,36)(H,32,37). The zero-order valence-electron chi connectivity index (χ0n) is 22.2. The highest BCUT2D eigenvalue weighted by molar-refractivity contribution is 5.83. The first-order valence-corrected chi connectivity index (χ1v) is 14.8. The van der Waals surface area contributed by atoms with Crippen LogP contribution >= 0.6 is 0 Å². The van der Waals surface area contributed by atoms with Crippen molar-refractivity contribution in [3.05, 3.63) is 0 Å².